The molecule has 0 spiro atoms. The van der Waals surface area contributed by atoms with Crippen LogP contribution in [-0.2, 0) is 11.3 Å². The van der Waals surface area contributed by atoms with Gasteiger partial charge in [-0.3, -0.25) is 9.89 Å². The number of guanidine groups is 1. The van der Waals surface area contributed by atoms with Gasteiger partial charge in [0, 0.05) is 72.5 Å². The molecule has 7 nitrogen and oxygen atoms in total. The van der Waals surface area contributed by atoms with E-state index in [0.717, 1.165) is 51.8 Å². The fourth-order valence-electron chi connectivity index (χ4n) is 5.34. The van der Waals surface area contributed by atoms with E-state index < -0.39 is 0 Å². The van der Waals surface area contributed by atoms with E-state index in [9.17, 15) is 0 Å². The minimum Gasteiger partial charge on any atom is -0.373 e. The maximum Gasteiger partial charge on any atom is 0.193 e. The quantitative estimate of drug-likeness (QED) is 0.509. The fraction of sp³-hybridized carbons (Fsp3) is 0.720. The monoisotopic (exact) mass is 442 g/mol. The number of hydrogen-bond donors (Lipinski definition) is 1. The first-order valence-corrected chi connectivity index (χ1v) is 12.5. The zero-order valence-corrected chi connectivity index (χ0v) is 20.2. The van der Waals surface area contributed by atoms with Gasteiger partial charge in [-0.1, -0.05) is 44.2 Å². The summed E-state index contributed by atoms with van der Waals surface area (Å²) >= 11 is 0. The van der Waals surface area contributed by atoms with Crippen molar-refractivity contribution in [1.82, 2.24) is 24.9 Å². The van der Waals surface area contributed by atoms with Crippen LogP contribution in [0.2, 0.25) is 0 Å². The van der Waals surface area contributed by atoms with Crippen LogP contribution in [-0.4, -0.2) is 117 Å². The number of hydrogen-bond acceptors (Lipinski definition) is 5. The lowest BCUT2D eigenvalue weighted by molar-refractivity contribution is -0.0502. The fourth-order valence-corrected chi connectivity index (χ4v) is 5.34. The van der Waals surface area contributed by atoms with Crippen LogP contribution >= 0.6 is 0 Å². The number of ether oxygens (including phenoxy) is 1. The molecule has 0 bridgehead atoms. The largest absolute Gasteiger partial charge is 0.373 e. The molecule has 0 radical (unpaired) electrons. The normalized spacial score (nSPS) is 26.8. The van der Waals surface area contributed by atoms with Crippen LogP contribution in [0.1, 0.15) is 19.4 Å². The number of rotatable bonds is 7. The molecule has 0 amide bonds. The number of likely N-dealkylation sites (N-methyl/N-ethyl adjacent to an activating group) is 1. The molecule has 1 aromatic rings. The van der Waals surface area contributed by atoms with Gasteiger partial charge in [-0.05, 0) is 18.0 Å². The molecule has 3 atom stereocenters. The summed E-state index contributed by atoms with van der Waals surface area (Å²) in [6.45, 7) is 17.4. The third kappa shape index (κ3) is 6.01. The van der Waals surface area contributed by atoms with Crippen LogP contribution in [0.25, 0.3) is 0 Å². The lowest BCUT2D eigenvalue weighted by Gasteiger charge is -2.36. The van der Waals surface area contributed by atoms with E-state index in [0.29, 0.717) is 12.0 Å². The summed E-state index contributed by atoms with van der Waals surface area (Å²) in [6.07, 6.45) is 0.262. The molecule has 0 aliphatic carbocycles. The SMILES string of the molecule is CCN1CCN(CC(C)CNC(=NC)N2CC3OCCN(Cc4ccccc4)C3C2)CC1. The number of fused-ring (bicyclic) bond motifs is 1. The minimum absolute atomic E-state index is 0.262. The number of piperazine rings is 1. The summed E-state index contributed by atoms with van der Waals surface area (Å²) in [5.74, 6) is 1.61. The third-order valence-corrected chi connectivity index (χ3v) is 7.25. The van der Waals surface area contributed by atoms with Crippen LogP contribution in [0.3, 0.4) is 0 Å². The van der Waals surface area contributed by atoms with Gasteiger partial charge in [0.25, 0.3) is 0 Å². The molecule has 32 heavy (non-hydrogen) atoms. The van der Waals surface area contributed by atoms with Crippen LogP contribution in [0, 0.1) is 5.92 Å². The number of benzene rings is 1. The van der Waals surface area contributed by atoms with E-state index in [1.165, 1.54) is 38.3 Å². The Labute approximate surface area is 194 Å². The van der Waals surface area contributed by atoms with Crippen LogP contribution in [0.5, 0.6) is 0 Å². The Bertz CT molecular complexity index is 720. The molecule has 3 unspecified atom stereocenters. The molecule has 3 saturated heterocycles. The summed E-state index contributed by atoms with van der Waals surface area (Å²) in [6, 6.07) is 11.2. The molecule has 7 heteroatoms. The summed E-state index contributed by atoms with van der Waals surface area (Å²) in [5.41, 5.74) is 1.38. The summed E-state index contributed by atoms with van der Waals surface area (Å²) in [7, 11) is 1.90. The van der Waals surface area contributed by atoms with Crippen LogP contribution < -0.4 is 5.32 Å². The van der Waals surface area contributed by atoms with E-state index in [1.54, 1.807) is 0 Å². The van der Waals surface area contributed by atoms with Crippen molar-refractivity contribution in [1.29, 1.82) is 0 Å². The molecular weight excluding hydrogens is 400 g/mol. The first-order valence-electron chi connectivity index (χ1n) is 12.5. The van der Waals surface area contributed by atoms with Crippen LogP contribution in [0.4, 0.5) is 0 Å². The Morgan fingerprint density at radius 1 is 1.09 bits per heavy atom. The van der Waals surface area contributed by atoms with Crippen molar-refractivity contribution in [2.24, 2.45) is 10.9 Å². The summed E-state index contributed by atoms with van der Waals surface area (Å²) in [4.78, 5) is 14.8. The van der Waals surface area contributed by atoms with Crippen molar-refractivity contribution in [3.8, 4) is 0 Å². The second-order valence-corrected chi connectivity index (χ2v) is 9.61. The van der Waals surface area contributed by atoms with Crippen molar-refractivity contribution in [3.63, 3.8) is 0 Å². The number of likely N-dealkylation sites (tertiary alicyclic amines) is 1. The third-order valence-electron chi connectivity index (χ3n) is 7.25. The van der Waals surface area contributed by atoms with Gasteiger partial charge in [0.15, 0.2) is 5.96 Å². The number of aliphatic imine (C=N–C) groups is 1. The molecule has 0 aromatic heterocycles. The molecule has 1 aromatic carbocycles. The highest BCUT2D eigenvalue weighted by Crippen LogP contribution is 2.24. The van der Waals surface area contributed by atoms with E-state index >= 15 is 0 Å². The number of morpholine rings is 1. The Hall–Kier alpha value is -1.67. The lowest BCUT2D eigenvalue weighted by Crippen LogP contribution is -2.50. The Balaban J connectivity index is 1.25. The van der Waals surface area contributed by atoms with Crippen molar-refractivity contribution < 1.29 is 4.74 Å². The second kappa shape index (κ2) is 11.5. The van der Waals surface area contributed by atoms with E-state index in [-0.39, 0.29) is 6.10 Å². The molecule has 1 N–H and O–H groups in total. The standard InChI is InChI=1S/C25H42N6O/c1-4-28-10-12-29(13-11-28)17-21(2)16-27-25(26-3)31-19-23-24(20-31)32-15-14-30(23)18-22-8-6-5-7-9-22/h5-9,21,23-24H,4,10-20H2,1-3H3,(H,26,27). The van der Waals surface area contributed by atoms with Gasteiger partial charge in [-0.15, -0.1) is 0 Å². The highest BCUT2D eigenvalue weighted by Gasteiger charge is 2.41. The lowest BCUT2D eigenvalue weighted by atomic mass is 10.1. The van der Waals surface area contributed by atoms with Gasteiger partial charge in [0.2, 0.25) is 0 Å². The van der Waals surface area contributed by atoms with E-state index in [4.69, 9.17) is 4.74 Å². The maximum absolute atomic E-state index is 6.16. The highest BCUT2D eigenvalue weighted by molar-refractivity contribution is 5.80. The molecule has 3 aliphatic heterocycles. The number of nitrogens with zero attached hydrogens (tertiary/aromatic N) is 5. The van der Waals surface area contributed by atoms with Gasteiger partial charge in [-0.2, -0.15) is 0 Å². The Kier molecular flexibility index (Phi) is 8.41. The average molecular weight is 443 g/mol. The van der Waals surface area contributed by atoms with Crippen LogP contribution in [0.15, 0.2) is 35.3 Å². The molecular formula is C25H42N6O. The Morgan fingerprint density at radius 2 is 1.84 bits per heavy atom. The van der Waals surface area contributed by atoms with Crippen molar-refractivity contribution >= 4 is 5.96 Å². The second-order valence-electron chi connectivity index (χ2n) is 9.61. The van der Waals surface area contributed by atoms with Gasteiger partial charge >= 0.3 is 0 Å². The van der Waals surface area contributed by atoms with Gasteiger partial charge in [-0.25, -0.2) is 0 Å². The topological polar surface area (TPSA) is 46.6 Å². The minimum atomic E-state index is 0.262. The smallest absolute Gasteiger partial charge is 0.193 e. The molecule has 4 rings (SSSR count). The highest BCUT2D eigenvalue weighted by atomic mass is 16.5. The first kappa shape index (κ1) is 23.5. The molecule has 178 valence electrons. The maximum atomic E-state index is 6.16. The van der Waals surface area contributed by atoms with Crippen molar-refractivity contribution in [2.45, 2.75) is 32.5 Å². The van der Waals surface area contributed by atoms with Crippen molar-refractivity contribution in [2.75, 3.05) is 79.1 Å². The van der Waals surface area contributed by atoms with Gasteiger partial charge < -0.3 is 24.8 Å². The van der Waals surface area contributed by atoms with E-state index in [2.05, 4.69) is 74.1 Å². The Morgan fingerprint density at radius 3 is 2.56 bits per heavy atom. The van der Waals surface area contributed by atoms with Gasteiger partial charge in [0.1, 0.15) is 0 Å². The zero-order chi connectivity index (χ0) is 22.3. The molecule has 3 aliphatic rings. The number of nitrogens with one attached hydrogen (secondary N) is 1. The average Bonchev–Trinajstić information content (AvgIpc) is 3.26. The zero-order valence-electron chi connectivity index (χ0n) is 20.2. The summed E-state index contributed by atoms with van der Waals surface area (Å²) in [5, 5.41) is 3.66. The molecule has 0 saturated carbocycles. The predicted octanol–water partition coefficient (Wildman–Crippen LogP) is 1.42. The first-order chi connectivity index (χ1) is 15.7. The van der Waals surface area contributed by atoms with E-state index in [1.807, 2.05) is 7.05 Å². The molecule has 3 fully saturated rings. The summed E-state index contributed by atoms with van der Waals surface area (Å²) < 4.78 is 6.16. The predicted molar refractivity (Wildman–Crippen MR) is 131 cm³/mol. The van der Waals surface area contributed by atoms with Gasteiger partial charge in [0.05, 0.1) is 18.8 Å². The van der Waals surface area contributed by atoms with Crippen molar-refractivity contribution in [3.05, 3.63) is 35.9 Å². The molecule has 3 heterocycles.